The van der Waals surface area contributed by atoms with E-state index in [1.807, 2.05) is 0 Å². The Balaban J connectivity index is 1.78. The molecule has 2 atom stereocenters. The molecule has 0 aromatic carbocycles. The maximum absolute atomic E-state index is 9.72. The quantitative estimate of drug-likeness (QED) is 0.505. The molecule has 2 unspecified atom stereocenters. The molecule has 0 saturated heterocycles. The van der Waals surface area contributed by atoms with Crippen molar-refractivity contribution in [3.05, 3.63) is 0 Å². The third-order valence-electron chi connectivity index (χ3n) is 3.21. The average Bonchev–Trinajstić information content (AvgIpc) is 2.46. The van der Waals surface area contributed by atoms with Crippen LogP contribution in [0.1, 0.15) is 25.7 Å². The molecule has 0 aromatic rings. The standard InChI is InChI=1S/C14H28O6/c15-5-6-17-7-8-18-9-10-19-11-12-20-14-4-2-1-3-13(14)16/h13-16H,1-12H2. The zero-order chi connectivity index (χ0) is 14.5. The highest BCUT2D eigenvalue weighted by Crippen LogP contribution is 2.20. The third kappa shape index (κ3) is 8.84. The Hall–Kier alpha value is -0.240. The summed E-state index contributed by atoms with van der Waals surface area (Å²) in [6, 6.07) is 0. The maximum atomic E-state index is 9.72. The summed E-state index contributed by atoms with van der Waals surface area (Å²) in [5, 5.41) is 18.2. The highest BCUT2D eigenvalue weighted by molar-refractivity contribution is 4.74. The summed E-state index contributed by atoms with van der Waals surface area (Å²) < 4.78 is 21.3. The minimum absolute atomic E-state index is 0.0210. The molecule has 0 radical (unpaired) electrons. The second-order valence-electron chi connectivity index (χ2n) is 4.82. The molecular formula is C14H28O6. The lowest BCUT2D eigenvalue weighted by Gasteiger charge is -2.27. The van der Waals surface area contributed by atoms with Gasteiger partial charge in [0.1, 0.15) is 0 Å². The molecule has 1 aliphatic rings. The molecule has 1 rings (SSSR count). The molecule has 1 saturated carbocycles. The van der Waals surface area contributed by atoms with E-state index in [4.69, 9.17) is 24.1 Å². The molecule has 6 nitrogen and oxygen atoms in total. The van der Waals surface area contributed by atoms with Gasteiger partial charge in [0.15, 0.2) is 0 Å². The van der Waals surface area contributed by atoms with E-state index in [-0.39, 0.29) is 18.8 Å². The summed E-state index contributed by atoms with van der Waals surface area (Å²) in [6.07, 6.45) is 3.68. The Labute approximate surface area is 121 Å². The van der Waals surface area contributed by atoms with Crippen molar-refractivity contribution in [2.24, 2.45) is 0 Å². The van der Waals surface area contributed by atoms with Gasteiger partial charge in [0.2, 0.25) is 0 Å². The van der Waals surface area contributed by atoms with Gasteiger partial charge < -0.3 is 29.2 Å². The normalized spacial score (nSPS) is 23.1. The van der Waals surface area contributed by atoms with E-state index in [1.54, 1.807) is 0 Å². The molecule has 0 amide bonds. The number of hydrogen-bond donors (Lipinski definition) is 2. The first kappa shape index (κ1) is 17.8. The van der Waals surface area contributed by atoms with Crippen LogP contribution in [0.5, 0.6) is 0 Å². The van der Waals surface area contributed by atoms with Gasteiger partial charge in [-0.15, -0.1) is 0 Å². The molecule has 2 N–H and O–H groups in total. The smallest absolute Gasteiger partial charge is 0.0835 e. The molecule has 0 heterocycles. The zero-order valence-corrected chi connectivity index (χ0v) is 12.2. The summed E-state index contributed by atoms with van der Waals surface area (Å²) in [4.78, 5) is 0. The molecule has 120 valence electrons. The van der Waals surface area contributed by atoms with Gasteiger partial charge in [0, 0.05) is 0 Å². The molecular weight excluding hydrogens is 264 g/mol. The van der Waals surface area contributed by atoms with Gasteiger partial charge in [0.05, 0.1) is 65.1 Å². The Morgan fingerprint density at radius 1 is 0.750 bits per heavy atom. The van der Waals surface area contributed by atoms with Gasteiger partial charge in [-0.05, 0) is 12.8 Å². The Kier molecular flexibility index (Phi) is 11.1. The maximum Gasteiger partial charge on any atom is 0.0835 e. The molecule has 0 bridgehead atoms. The first-order valence-electron chi connectivity index (χ1n) is 7.48. The van der Waals surface area contributed by atoms with Crippen molar-refractivity contribution in [1.82, 2.24) is 0 Å². The lowest BCUT2D eigenvalue weighted by molar-refractivity contribution is -0.0769. The second-order valence-corrected chi connectivity index (χ2v) is 4.82. The van der Waals surface area contributed by atoms with Crippen molar-refractivity contribution in [2.45, 2.75) is 37.9 Å². The van der Waals surface area contributed by atoms with E-state index in [2.05, 4.69) is 0 Å². The van der Waals surface area contributed by atoms with Crippen molar-refractivity contribution in [1.29, 1.82) is 0 Å². The van der Waals surface area contributed by atoms with Crippen LogP contribution in [-0.4, -0.2) is 75.3 Å². The van der Waals surface area contributed by atoms with E-state index < -0.39 is 0 Å². The van der Waals surface area contributed by atoms with Gasteiger partial charge >= 0.3 is 0 Å². The largest absolute Gasteiger partial charge is 0.394 e. The lowest BCUT2D eigenvalue weighted by Crippen LogP contribution is -2.33. The van der Waals surface area contributed by atoms with Crippen LogP contribution in [0.15, 0.2) is 0 Å². The molecule has 1 aliphatic carbocycles. The van der Waals surface area contributed by atoms with Crippen LogP contribution < -0.4 is 0 Å². The van der Waals surface area contributed by atoms with E-state index in [0.29, 0.717) is 46.2 Å². The monoisotopic (exact) mass is 292 g/mol. The minimum Gasteiger partial charge on any atom is -0.394 e. The Morgan fingerprint density at radius 3 is 1.90 bits per heavy atom. The molecule has 6 heteroatoms. The van der Waals surface area contributed by atoms with Gasteiger partial charge in [-0.25, -0.2) is 0 Å². The zero-order valence-electron chi connectivity index (χ0n) is 12.2. The first-order chi connectivity index (χ1) is 9.84. The molecule has 0 aromatic heterocycles. The molecule has 1 fully saturated rings. The van der Waals surface area contributed by atoms with E-state index in [1.165, 1.54) is 0 Å². The van der Waals surface area contributed by atoms with Crippen molar-refractivity contribution < 1.29 is 29.2 Å². The Morgan fingerprint density at radius 2 is 1.30 bits per heavy atom. The van der Waals surface area contributed by atoms with Crippen LogP contribution in [0.4, 0.5) is 0 Å². The van der Waals surface area contributed by atoms with Crippen LogP contribution in [0.3, 0.4) is 0 Å². The predicted molar refractivity (Wildman–Crippen MR) is 73.8 cm³/mol. The fourth-order valence-corrected chi connectivity index (χ4v) is 2.14. The minimum atomic E-state index is -0.314. The summed E-state index contributed by atoms with van der Waals surface area (Å²) in [5.41, 5.74) is 0. The lowest BCUT2D eigenvalue weighted by atomic mass is 9.95. The van der Waals surface area contributed by atoms with Crippen molar-refractivity contribution >= 4 is 0 Å². The summed E-state index contributed by atoms with van der Waals surface area (Å²) in [7, 11) is 0. The van der Waals surface area contributed by atoms with Crippen LogP contribution >= 0.6 is 0 Å². The van der Waals surface area contributed by atoms with Gasteiger partial charge in [-0.2, -0.15) is 0 Å². The predicted octanol–water partition coefficient (Wildman–Crippen LogP) is 0.349. The highest BCUT2D eigenvalue weighted by Gasteiger charge is 2.23. The number of aliphatic hydroxyl groups is 2. The van der Waals surface area contributed by atoms with Crippen molar-refractivity contribution in [3.8, 4) is 0 Å². The fraction of sp³-hybridized carbons (Fsp3) is 1.00. The molecule has 0 spiro atoms. The van der Waals surface area contributed by atoms with Crippen molar-refractivity contribution in [3.63, 3.8) is 0 Å². The second kappa shape index (κ2) is 12.5. The average molecular weight is 292 g/mol. The number of aliphatic hydroxyl groups excluding tert-OH is 2. The number of ether oxygens (including phenoxy) is 4. The van der Waals surface area contributed by atoms with Gasteiger partial charge in [-0.1, -0.05) is 12.8 Å². The summed E-state index contributed by atoms with van der Waals surface area (Å²) in [5.74, 6) is 0. The third-order valence-corrected chi connectivity index (χ3v) is 3.21. The van der Waals surface area contributed by atoms with Crippen molar-refractivity contribution in [2.75, 3.05) is 52.9 Å². The van der Waals surface area contributed by atoms with Crippen LogP contribution in [0, 0.1) is 0 Å². The molecule has 20 heavy (non-hydrogen) atoms. The van der Waals surface area contributed by atoms with Crippen LogP contribution in [0.25, 0.3) is 0 Å². The molecule has 0 aliphatic heterocycles. The summed E-state index contributed by atoms with van der Waals surface area (Å²) >= 11 is 0. The van der Waals surface area contributed by atoms with E-state index in [9.17, 15) is 5.11 Å². The van der Waals surface area contributed by atoms with E-state index in [0.717, 1.165) is 25.7 Å². The van der Waals surface area contributed by atoms with Gasteiger partial charge in [-0.3, -0.25) is 0 Å². The highest BCUT2D eigenvalue weighted by atomic mass is 16.6. The number of hydrogen-bond acceptors (Lipinski definition) is 6. The SMILES string of the molecule is OCCOCCOCCOCCOC1CCCCC1O. The number of rotatable bonds is 12. The van der Waals surface area contributed by atoms with Crippen LogP contribution in [-0.2, 0) is 18.9 Å². The topological polar surface area (TPSA) is 77.4 Å². The Bertz CT molecular complexity index is 214. The fourth-order valence-electron chi connectivity index (χ4n) is 2.14. The summed E-state index contributed by atoms with van der Waals surface area (Å²) in [6.45, 7) is 3.47. The first-order valence-corrected chi connectivity index (χ1v) is 7.48. The van der Waals surface area contributed by atoms with Gasteiger partial charge in [0.25, 0.3) is 0 Å². The van der Waals surface area contributed by atoms with E-state index >= 15 is 0 Å². The van der Waals surface area contributed by atoms with Crippen LogP contribution in [0.2, 0.25) is 0 Å².